The number of allylic oxidation sites excluding steroid dienone is 2. The highest BCUT2D eigenvalue weighted by Gasteiger charge is 2.77. The lowest BCUT2D eigenvalue weighted by molar-refractivity contribution is -0.349. The Bertz CT molecular complexity index is 715. The molecule has 3 aliphatic carbocycles. The molecule has 34 heavy (non-hydrogen) atoms. The van der Waals surface area contributed by atoms with Gasteiger partial charge in [0.2, 0.25) is 0 Å². The van der Waals surface area contributed by atoms with Crippen LogP contribution >= 0.6 is 0 Å². The normalized spacial score (nSPS) is 31.6. The number of ether oxygens (including phenoxy) is 1. The van der Waals surface area contributed by atoms with Gasteiger partial charge in [0, 0.05) is 0 Å². The zero-order chi connectivity index (χ0) is 25.1. The minimum atomic E-state index is -6.55. The number of alkyl halides is 7. The Morgan fingerprint density at radius 3 is 2.00 bits per heavy atom. The highest BCUT2D eigenvalue weighted by molar-refractivity contribution is 5.79. The number of carbonyl (C=O) groups excluding carboxylic acids is 1. The Morgan fingerprint density at radius 2 is 1.50 bits per heavy atom. The van der Waals surface area contributed by atoms with Gasteiger partial charge in [0.1, 0.15) is 6.10 Å². The zero-order valence-corrected chi connectivity index (χ0v) is 19.6. The number of hydrogen-bond donors (Lipinski definition) is 0. The fraction of sp³-hybridized carbons (Fsp3) is 0.880. The van der Waals surface area contributed by atoms with Gasteiger partial charge in [-0.3, -0.25) is 0 Å². The third-order valence-corrected chi connectivity index (χ3v) is 8.22. The van der Waals surface area contributed by atoms with E-state index in [9.17, 15) is 35.5 Å². The summed E-state index contributed by atoms with van der Waals surface area (Å²) in [5.41, 5.74) is 1.56. The van der Waals surface area contributed by atoms with E-state index in [1.54, 1.807) is 5.57 Å². The molecule has 1 unspecified atom stereocenters. The molecule has 2 fully saturated rings. The summed E-state index contributed by atoms with van der Waals surface area (Å²) >= 11 is 0. The summed E-state index contributed by atoms with van der Waals surface area (Å²) in [4.78, 5) is 11.5. The van der Waals surface area contributed by atoms with Gasteiger partial charge in [-0.2, -0.15) is 30.7 Å². The molecule has 0 saturated heterocycles. The van der Waals surface area contributed by atoms with Crippen LogP contribution in [0.1, 0.15) is 90.4 Å². The number of carbonyl (C=O) groups is 1. The molecule has 2 saturated carbocycles. The lowest BCUT2D eigenvalue weighted by Crippen LogP contribution is -2.57. The van der Waals surface area contributed by atoms with Gasteiger partial charge < -0.3 is 4.74 Å². The fourth-order valence-corrected chi connectivity index (χ4v) is 6.11. The lowest BCUT2D eigenvalue weighted by atomic mass is 9.69. The Kier molecular flexibility index (Phi) is 8.65. The topological polar surface area (TPSA) is 26.3 Å². The Balaban J connectivity index is 1.45. The molecule has 0 bridgehead atoms. The average molecular weight is 501 g/mol. The van der Waals surface area contributed by atoms with Crippen molar-refractivity contribution in [1.29, 1.82) is 0 Å². The molecule has 0 aliphatic heterocycles. The highest BCUT2D eigenvalue weighted by atomic mass is 19.4. The molecule has 0 aromatic carbocycles. The second kappa shape index (κ2) is 10.8. The van der Waals surface area contributed by atoms with Crippen LogP contribution in [-0.4, -0.2) is 30.1 Å². The van der Waals surface area contributed by atoms with Crippen molar-refractivity contribution >= 4 is 5.97 Å². The van der Waals surface area contributed by atoms with E-state index in [-0.39, 0.29) is 12.8 Å². The van der Waals surface area contributed by atoms with Crippen molar-refractivity contribution in [2.24, 2.45) is 23.7 Å². The van der Waals surface area contributed by atoms with Crippen LogP contribution in [0.15, 0.2) is 11.6 Å². The third-order valence-electron chi connectivity index (χ3n) is 8.22. The predicted molar refractivity (Wildman–Crippen MR) is 114 cm³/mol. The van der Waals surface area contributed by atoms with Crippen molar-refractivity contribution in [2.75, 3.05) is 0 Å². The molecule has 1 atom stereocenters. The highest BCUT2D eigenvalue weighted by Crippen LogP contribution is 2.48. The zero-order valence-electron chi connectivity index (χ0n) is 19.6. The summed E-state index contributed by atoms with van der Waals surface area (Å²) in [6, 6.07) is 0. The van der Waals surface area contributed by atoms with Crippen molar-refractivity contribution in [3.05, 3.63) is 11.6 Å². The summed E-state index contributed by atoms with van der Waals surface area (Å²) in [5, 5.41) is 0. The Morgan fingerprint density at radius 1 is 0.882 bits per heavy atom. The number of hydrogen-bond acceptors (Lipinski definition) is 2. The number of halogens is 7. The molecule has 0 spiro atoms. The van der Waals surface area contributed by atoms with E-state index in [0.717, 1.165) is 25.2 Å². The van der Waals surface area contributed by atoms with Gasteiger partial charge in [0.25, 0.3) is 0 Å². The summed E-state index contributed by atoms with van der Waals surface area (Å²) in [7, 11) is 0. The van der Waals surface area contributed by atoms with Gasteiger partial charge in [0.05, 0.1) is 0 Å². The molecule has 0 aromatic heterocycles. The predicted octanol–water partition coefficient (Wildman–Crippen LogP) is 8.25. The summed E-state index contributed by atoms with van der Waals surface area (Å²) in [5.74, 6) is -12.9. The Labute approximate surface area is 196 Å². The minimum absolute atomic E-state index is 0.193. The van der Waals surface area contributed by atoms with Crippen molar-refractivity contribution < 1.29 is 40.3 Å². The van der Waals surface area contributed by atoms with E-state index in [0.29, 0.717) is 30.6 Å². The monoisotopic (exact) mass is 500 g/mol. The van der Waals surface area contributed by atoms with Gasteiger partial charge in [-0.15, -0.1) is 0 Å². The van der Waals surface area contributed by atoms with E-state index in [1.165, 1.54) is 38.5 Å². The molecular weight excluding hydrogens is 465 g/mol. The standard InChI is InChI=1S/C25H35F7O2/c1-2-3-16-4-6-17(7-5-16)18-8-10-19(11-9-18)20-12-14-21(15-13-20)34-22(33)23(26,27)24(28,29)25(30,31)32/h8,16-17,19-21H,2-7,9-15H2,1H3. The summed E-state index contributed by atoms with van der Waals surface area (Å²) in [6.45, 7) is 2.23. The number of esters is 1. The van der Waals surface area contributed by atoms with E-state index in [2.05, 4.69) is 17.7 Å². The second-order valence-electron chi connectivity index (χ2n) is 10.4. The molecule has 0 radical (unpaired) electrons. The van der Waals surface area contributed by atoms with Crippen LogP contribution in [-0.2, 0) is 9.53 Å². The van der Waals surface area contributed by atoms with Gasteiger partial charge in [-0.25, -0.2) is 4.79 Å². The molecule has 3 aliphatic rings. The second-order valence-corrected chi connectivity index (χ2v) is 10.4. The first-order chi connectivity index (χ1) is 15.9. The van der Waals surface area contributed by atoms with Crippen molar-refractivity contribution in [1.82, 2.24) is 0 Å². The minimum Gasteiger partial charge on any atom is -0.458 e. The molecule has 0 N–H and O–H groups in total. The van der Waals surface area contributed by atoms with E-state index in [4.69, 9.17) is 0 Å². The molecule has 9 heteroatoms. The molecule has 0 aromatic rings. The van der Waals surface area contributed by atoms with Crippen molar-refractivity contribution in [2.45, 2.75) is 115 Å². The molecule has 196 valence electrons. The number of rotatable bonds is 7. The fourth-order valence-electron chi connectivity index (χ4n) is 6.11. The lowest BCUT2D eigenvalue weighted by Gasteiger charge is -2.37. The summed E-state index contributed by atoms with van der Waals surface area (Å²) < 4.78 is 94.4. The van der Waals surface area contributed by atoms with Crippen LogP contribution in [0.2, 0.25) is 0 Å². The van der Waals surface area contributed by atoms with Crippen LogP contribution in [0.3, 0.4) is 0 Å². The van der Waals surface area contributed by atoms with Gasteiger partial charge >= 0.3 is 24.0 Å². The molecule has 2 nitrogen and oxygen atoms in total. The maximum atomic E-state index is 13.5. The first-order valence-corrected chi connectivity index (χ1v) is 12.6. The van der Waals surface area contributed by atoms with Gasteiger partial charge in [0.15, 0.2) is 0 Å². The van der Waals surface area contributed by atoms with Crippen molar-refractivity contribution in [3.63, 3.8) is 0 Å². The molecular formula is C25H35F7O2. The van der Waals surface area contributed by atoms with Crippen LogP contribution in [0.4, 0.5) is 30.7 Å². The maximum absolute atomic E-state index is 13.5. The van der Waals surface area contributed by atoms with Crippen LogP contribution in [0.5, 0.6) is 0 Å². The molecule has 0 heterocycles. The van der Waals surface area contributed by atoms with Crippen LogP contribution in [0, 0.1) is 23.7 Å². The van der Waals surface area contributed by atoms with E-state index < -0.39 is 30.1 Å². The quantitative estimate of drug-likeness (QED) is 0.200. The summed E-state index contributed by atoms with van der Waals surface area (Å²) in [6.07, 6.45) is 7.03. The third kappa shape index (κ3) is 5.92. The SMILES string of the molecule is CCCC1CCC(C2=CCC(C3CCC(OC(=O)C(F)(F)C(F)(F)C(F)(F)F)CC3)CC2)CC1. The molecule has 3 rings (SSSR count). The maximum Gasteiger partial charge on any atom is 0.460 e. The van der Waals surface area contributed by atoms with E-state index in [1.807, 2.05) is 0 Å². The molecule has 0 amide bonds. The van der Waals surface area contributed by atoms with Crippen LogP contribution in [0.25, 0.3) is 0 Å². The first kappa shape index (κ1) is 27.3. The van der Waals surface area contributed by atoms with Crippen LogP contribution < -0.4 is 0 Å². The average Bonchev–Trinajstić information content (AvgIpc) is 2.79. The van der Waals surface area contributed by atoms with Gasteiger partial charge in [-0.05, 0) is 94.3 Å². The van der Waals surface area contributed by atoms with E-state index >= 15 is 0 Å². The largest absolute Gasteiger partial charge is 0.460 e. The van der Waals surface area contributed by atoms with Crippen molar-refractivity contribution in [3.8, 4) is 0 Å². The smallest absolute Gasteiger partial charge is 0.458 e. The van der Waals surface area contributed by atoms with Gasteiger partial charge in [-0.1, -0.05) is 31.4 Å². The first-order valence-electron chi connectivity index (χ1n) is 12.6. The Hall–Kier alpha value is -1.28.